The lowest BCUT2D eigenvalue weighted by atomic mass is 10.1. The van der Waals surface area contributed by atoms with Crippen molar-refractivity contribution in [1.82, 2.24) is 15.5 Å². The number of fused-ring (bicyclic) bond motifs is 1. The van der Waals surface area contributed by atoms with E-state index in [2.05, 4.69) is 27.7 Å². The molecule has 2 N–H and O–H groups in total. The fourth-order valence-electron chi connectivity index (χ4n) is 4.78. The number of amides is 1. The Hall–Kier alpha value is -2.35. The standard InChI is InChI=1S/C24H29F2N3O2/c1-31-10-9-27-24(30)23-13-18(28-14-20-21(25)7-4-8-22(20)26)15-29(23)19-11-16-5-2-3-6-17(16)12-19/h2-8,18-19,23,28H,9-15H2,1H3,(H,27,30)/t18-,23-/m0/s1. The van der Waals surface area contributed by atoms with Gasteiger partial charge in [0.05, 0.1) is 12.6 Å². The van der Waals surface area contributed by atoms with Crippen LogP contribution in [0.15, 0.2) is 42.5 Å². The number of nitrogens with zero attached hydrogens (tertiary/aromatic N) is 1. The fraction of sp³-hybridized carbons (Fsp3) is 0.458. The number of halogens is 2. The smallest absolute Gasteiger partial charge is 0.237 e. The first kappa shape index (κ1) is 21.9. The van der Waals surface area contributed by atoms with Crippen molar-refractivity contribution < 1.29 is 18.3 Å². The quantitative estimate of drug-likeness (QED) is 0.633. The van der Waals surface area contributed by atoms with Crippen molar-refractivity contribution in [3.8, 4) is 0 Å². The molecule has 0 unspecified atom stereocenters. The highest BCUT2D eigenvalue weighted by molar-refractivity contribution is 5.82. The van der Waals surface area contributed by atoms with Crippen LogP contribution in [0.1, 0.15) is 23.1 Å². The van der Waals surface area contributed by atoms with Crippen LogP contribution in [-0.4, -0.2) is 55.7 Å². The number of benzene rings is 2. The van der Waals surface area contributed by atoms with E-state index in [0.29, 0.717) is 26.1 Å². The summed E-state index contributed by atoms with van der Waals surface area (Å²) in [6.07, 6.45) is 2.42. The van der Waals surface area contributed by atoms with Gasteiger partial charge in [0.25, 0.3) is 0 Å². The van der Waals surface area contributed by atoms with Crippen LogP contribution in [0.5, 0.6) is 0 Å². The Balaban J connectivity index is 1.45. The summed E-state index contributed by atoms with van der Waals surface area (Å²) >= 11 is 0. The molecule has 0 saturated carbocycles. The Morgan fingerprint density at radius 2 is 1.77 bits per heavy atom. The summed E-state index contributed by atoms with van der Waals surface area (Å²) in [5, 5.41) is 6.24. The van der Waals surface area contributed by atoms with E-state index in [1.165, 1.54) is 29.3 Å². The van der Waals surface area contributed by atoms with Gasteiger partial charge < -0.3 is 15.4 Å². The molecule has 31 heavy (non-hydrogen) atoms. The van der Waals surface area contributed by atoms with E-state index >= 15 is 0 Å². The number of hydrogen-bond acceptors (Lipinski definition) is 4. The minimum absolute atomic E-state index is 0.0191. The number of rotatable bonds is 8. The van der Waals surface area contributed by atoms with Crippen LogP contribution in [-0.2, 0) is 28.9 Å². The van der Waals surface area contributed by atoms with Gasteiger partial charge in [-0.1, -0.05) is 30.3 Å². The summed E-state index contributed by atoms with van der Waals surface area (Å²) in [5.74, 6) is -1.13. The summed E-state index contributed by atoms with van der Waals surface area (Å²) < 4.78 is 33.1. The molecule has 1 fully saturated rings. The average molecular weight is 430 g/mol. The number of likely N-dealkylation sites (tertiary alicyclic amines) is 1. The van der Waals surface area contributed by atoms with Crippen LogP contribution in [0.2, 0.25) is 0 Å². The maximum Gasteiger partial charge on any atom is 0.237 e. The molecule has 7 heteroatoms. The fourth-order valence-corrected chi connectivity index (χ4v) is 4.78. The maximum atomic E-state index is 14.0. The molecule has 1 saturated heterocycles. The molecule has 1 aliphatic heterocycles. The zero-order valence-corrected chi connectivity index (χ0v) is 17.7. The third-order valence-electron chi connectivity index (χ3n) is 6.38. The Labute approximate surface area is 181 Å². The van der Waals surface area contributed by atoms with E-state index in [0.717, 1.165) is 12.8 Å². The normalized spacial score (nSPS) is 21.4. The van der Waals surface area contributed by atoms with Crippen molar-refractivity contribution in [2.75, 3.05) is 26.8 Å². The molecule has 2 atom stereocenters. The largest absolute Gasteiger partial charge is 0.383 e. The average Bonchev–Trinajstić information content (AvgIpc) is 3.37. The lowest BCUT2D eigenvalue weighted by molar-refractivity contribution is -0.126. The topological polar surface area (TPSA) is 53.6 Å². The predicted molar refractivity (Wildman–Crippen MR) is 115 cm³/mol. The van der Waals surface area contributed by atoms with E-state index in [-0.39, 0.29) is 36.1 Å². The van der Waals surface area contributed by atoms with Crippen LogP contribution in [0.4, 0.5) is 8.78 Å². The van der Waals surface area contributed by atoms with Crippen molar-refractivity contribution in [2.45, 2.75) is 43.9 Å². The summed E-state index contributed by atoms with van der Waals surface area (Å²) in [4.78, 5) is 15.2. The lowest BCUT2D eigenvalue weighted by Crippen LogP contribution is -2.48. The third kappa shape index (κ3) is 4.95. The zero-order valence-electron chi connectivity index (χ0n) is 17.7. The molecular formula is C24H29F2N3O2. The van der Waals surface area contributed by atoms with Gasteiger partial charge in [-0.15, -0.1) is 0 Å². The Kier molecular flexibility index (Phi) is 6.95. The molecule has 4 rings (SSSR count). The molecule has 1 aliphatic carbocycles. The van der Waals surface area contributed by atoms with E-state index in [1.54, 1.807) is 7.11 Å². The van der Waals surface area contributed by atoms with Crippen LogP contribution >= 0.6 is 0 Å². The zero-order chi connectivity index (χ0) is 21.8. The molecule has 166 valence electrons. The van der Waals surface area contributed by atoms with Gasteiger partial charge in [0.2, 0.25) is 5.91 Å². The number of nitrogens with one attached hydrogen (secondary N) is 2. The minimum atomic E-state index is -0.553. The molecule has 0 radical (unpaired) electrons. The summed E-state index contributed by atoms with van der Waals surface area (Å²) in [6.45, 7) is 1.68. The predicted octanol–water partition coefficient (Wildman–Crippen LogP) is 2.43. The molecule has 5 nitrogen and oxygen atoms in total. The summed E-state index contributed by atoms with van der Waals surface area (Å²) in [6, 6.07) is 12.2. The van der Waals surface area contributed by atoms with Gasteiger partial charge >= 0.3 is 0 Å². The summed E-state index contributed by atoms with van der Waals surface area (Å²) in [7, 11) is 1.60. The number of methoxy groups -OCH3 is 1. The molecule has 2 aromatic carbocycles. The molecule has 0 spiro atoms. The minimum Gasteiger partial charge on any atom is -0.383 e. The molecule has 0 bridgehead atoms. The SMILES string of the molecule is COCCNC(=O)[C@@H]1C[C@H](NCc2c(F)cccc2F)CN1C1Cc2ccccc2C1. The van der Waals surface area contributed by atoms with Gasteiger partial charge in [0.15, 0.2) is 0 Å². The van der Waals surface area contributed by atoms with Crippen LogP contribution < -0.4 is 10.6 Å². The second-order valence-corrected chi connectivity index (χ2v) is 8.34. The van der Waals surface area contributed by atoms with Gasteiger partial charge in [-0.3, -0.25) is 9.69 Å². The molecule has 1 amide bonds. The van der Waals surface area contributed by atoms with E-state index in [1.807, 2.05) is 12.1 Å². The van der Waals surface area contributed by atoms with Gasteiger partial charge in [-0.05, 0) is 42.5 Å². The first-order valence-electron chi connectivity index (χ1n) is 10.8. The highest BCUT2D eigenvalue weighted by Crippen LogP contribution is 2.31. The van der Waals surface area contributed by atoms with Gasteiger partial charge in [-0.25, -0.2) is 8.78 Å². The lowest BCUT2D eigenvalue weighted by Gasteiger charge is -2.29. The Morgan fingerprint density at radius 1 is 1.10 bits per heavy atom. The Morgan fingerprint density at radius 3 is 2.42 bits per heavy atom. The van der Waals surface area contributed by atoms with E-state index < -0.39 is 11.6 Å². The highest BCUT2D eigenvalue weighted by Gasteiger charge is 2.41. The monoisotopic (exact) mass is 429 g/mol. The summed E-state index contributed by atoms with van der Waals surface area (Å²) in [5.41, 5.74) is 2.70. The van der Waals surface area contributed by atoms with Crippen molar-refractivity contribution in [3.63, 3.8) is 0 Å². The van der Waals surface area contributed by atoms with Crippen molar-refractivity contribution in [3.05, 3.63) is 70.8 Å². The van der Waals surface area contributed by atoms with Crippen LogP contribution in [0.25, 0.3) is 0 Å². The molecule has 2 aliphatic rings. The number of carbonyl (C=O) groups excluding carboxylic acids is 1. The first-order chi connectivity index (χ1) is 15.1. The second kappa shape index (κ2) is 9.85. The number of hydrogen-bond donors (Lipinski definition) is 2. The van der Waals surface area contributed by atoms with Gasteiger partial charge in [-0.2, -0.15) is 0 Å². The second-order valence-electron chi connectivity index (χ2n) is 8.34. The molecule has 1 heterocycles. The van der Waals surface area contributed by atoms with E-state index in [9.17, 15) is 13.6 Å². The highest BCUT2D eigenvalue weighted by atomic mass is 19.1. The Bertz CT molecular complexity index is 878. The van der Waals surface area contributed by atoms with E-state index in [4.69, 9.17) is 4.74 Å². The number of ether oxygens (including phenoxy) is 1. The van der Waals surface area contributed by atoms with Gasteiger partial charge in [0, 0.05) is 44.4 Å². The van der Waals surface area contributed by atoms with Gasteiger partial charge in [0.1, 0.15) is 11.6 Å². The molecule has 0 aromatic heterocycles. The first-order valence-corrected chi connectivity index (χ1v) is 10.8. The molecule has 2 aromatic rings. The number of carbonyl (C=O) groups is 1. The third-order valence-corrected chi connectivity index (χ3v) is 6.38. The van der Waals surface area contributed by atoms with Crippen molar-refractivity contribution >= 4 is 5.91 Å². The van der Waals surface area contributed by atoms with Crippen molar-refractivity contribution in [1.29, 1.82) is 0 Å². The molecular weight excluding hydrogens is 400 g/mol. The van der Waals surface area contributed by atoms with Crippen LogP contribution in [0, 0.1) is 11.6 Å². The maximum absolute atomic E-state index is 14.0. The van der Waals surface area contributed by atoms with Crippen molar-refractivity contribution in [2.24, 2.45) is 0 Å². The van der Waals surface area contributed by atoms with Crippen LogP contribution in [0.3, 0.4) is 0 Å².